The van der Waals surface area contributed by atoms with E-state index < -0.39 is 20.6 Å². The van der Waals surface area contributed by atoms with E-state index in [0.29, 0.717) is 12.2 Å². The highest BCUT2D eigenvalue weighted by atomic mass is 32.2. The van der Waals surface area contributed by atoms with Gasteiger partial charge in [-0.1, -0.05) is 13.8 Å². The zero-order chi connectivity index (χ0) is 15.5. The second-order valence-electron chi connectivity index (χ2n) is 4.87. The molecule has 0 saturated carbocycles. The van der Waals surface area contributed by atoms with E-state index in [4.69, 9.17) is 0 Å². The number of hydrogen-bond acceptors (Lipinski definition) is 5. The highest BCUT2D eigenvalue weighted by Crippen LogP contribution is 2.29. The SMILES string of the molecule is CNc1ccc([N+](=O)[O-])c(S(=O)(=O)N(C)CC(C)C)c1. The number of benzene rings is 1. The first-order chi connectivity index (χ1) is 9.20. The van der Waals surface area contributed by atoms with Crippen LogP contribution in [0, 0.1) is 16.0 Å². The maximum absolute atomic E-state index is 12.5. The molecule has 1 aromatic rings. The number of anilines is 1. The van der Waals surface area contributed by atoms with E-state index in [9.17, 15) is 18.5 Å². The van der Waals surface area contributed by atoms with E-state index in [1.54, 1.807) is 7.05 Å². The minimum Gasteiger partial charge on any atom is -0.388 e. The summed E-state index contributed by atoms with van der Waals surface area (Å²) in [6, 6.07) is 3.95. The molecule has 0 spiro atoms. The number of nitrogens with zero attached hydrogens (tertiary/aromatic N) is 2. The molecule has 1 N–H and O–H groups in total. The van der Waals surface area contributed by atoms with Crippen molar-refractivity contribution in [1.29, 1.82) is 0 Å². The number of sulfonamides is 1. The lowest BCUT2D eigenvalue weighted by atomic mass is 10.2. The Hall–Kier alpha value is -1.67. The number of hydrogen-bond donors (Lipinski definition) is 1. The van der Waals surface area contributed by atoms with Gasteiger partial charge in [0.15, 0.2) is 4.90 Å². The molecule has 20 heavy (non-hydrogen) atoms. The molecule has 0 saturated heterocycles. The number of nitro benzene ring substituents is 1. The van der Waals surface area contributed by atoms with Gasteiger partial charge in [-0.15, -0.1) is 0 Å². The predicted octanol–water partition coefficient (Wildman–Crippen LogP) is 1.91. The van der Waals surface area contributed by atoms with E-state index >= 15 is 0 Å². The summed E-state index contributed by atoms with van der Waals surface area (Å²) in [5.74, 6) is 0.126. The van der Waals surface area contributed by atoms with Crippen LogP contribution < -0.4 is 5.32 Å². The molecule has 7 nitrogen and oxygen atoms in total. The third-order valence-electron chi connectivity index (χ3n) is 2.76. The summed E-state index contributed by atoms with van der Waals surface area (Å²) < 4.78 is 26.0. The quantitative estimate of drug-likeness (QED) is 0.640. The average molecular weight is 301 g/mol. The number of rotatable bonds is 6. The van der Waals surface area contributed by atoms with Gasteiger partial charge in [0.2, 0.25) is 10.0 Å². The molecule has 8 heteroatoms. The summed E-state index contributed by atoms with van der Waals surface area (Å²) in [5, 5.41) is 13.8. The van der Waals surface area contributed by atoms with Crippen molar-refractivity contribution in [1.82, 2.24) is 4.31 Å². The summed E-state index contributed by atoms with van der Waals surface area (Å²) in [7, 11) is -0.848. The molecule has 0 amide bonds. The molecule has 1 aromatic carbocycles. The fraction of sp³-hybridized carbons (Fsp3) is 0.500. The first kappa shape index (κ1) is 16.4. The molecule has 0 atom stereocenters. The fourth-order valence-electron chi connectivity index (χ4n) is 1.81. The van der Waals surface area contributed by atoms with Crippen LogP contribution in [-0.4, -0.2) is 38.3 Å². The third-order valence-corrected chi connectivity index (χ3v) is 4.61. The van der Waals surface area contributed by atoms with Crippen LogP contribution >= 0.6 is 0 Å². The Morgan fingerprint density at radius 2 is 2.00 bits per heavy atom. The molecule has 0 unspecified atom stereocenters. The molecule has 0 aliphatic carbocycles. The van der Waals surface area contributed by atoms with Gasteiger partial charge in [-0.25, -0.2) is 12.7 Å². The van der Waals surface area contributed by atoms with Crippen LogP contribution in [0.25, 0.3) is 0 Å². The van der Waals surface area contributed by atoms with Crippen molar-refractivity contribution in [3.05, 3.63) is 28.3 Å². The van der Waals surface area contributed by atoms with Gasteiger partial charge in [-0.05, 0) is 18.1 Å². The van der Waals surface area contributed by atoms with Gasteiger partial charge >= 0.3 is 0 Å². The molecule has 0 aliphatic rings. The molecule has 0 aromatic heterocycles. The molecule has 0 fully saturated rings. The lowest BCUT2D eigenvalue weighted by molar-refractivity contribution is -0.387. The Bertz CT molecular complexity index is 599. The van der Waals surface area contributed by atoms with Crippen molar-refractivity contribution in [2.24, 2.45) is 5.92 Å². The van der Waals surface area contributed by atoms with E-state index in [0.717, 1.165) is 4.31 Å². The zero-order valence-corrected chi connectivity index (χ0v) is 12.8. The van der Waals surface area contributed by atoms with Crippen LogP contribution in [0.1, 0.15) is 13.8 Å². The van der Waals surface area contributed by atoms with Crippen molar-refractivity contribution in [3.8, 4) is 0 Å². The second kappa shape index (κ2) is 6.19. The van der Waals surface area contributed by atoms with Crippen molar-refractivity contribution >= 4 is 21.4 Å². The molecular weight excluding hydrogens is 282 g/mol. The van der Waals surface area contributed by atoms with Crippen molar-refractivity contribution < 1.29 is 13.3 Å². The normalized spacial score (nSPS) is 11.9. The maximum atomic E-state index is 12.5. The van der Waals surface area contributed by atoms with E-state index in [2.05, 4.69) is 5.32 Å². The summed E-state index contributed by atoms with van der Waals surface area (Å²) >= 11 is 0. The Morgan fingerprint density at radius 3 is 2.45 bits per heavy atom. The van der Waals surface area contributed by atoms with Gasteiger partial charge in [0.05, 0.1) is 4.92 Å². The lowest BCUT2D eigenvalue weighted by Crippen LogP contribution is -2.30. The molecular formula is C12H19N3O4S. The minimum atomic E-state index is -3.89. The lowest BCUT2D eigenvalue weighted by Gasteiger charge is -2.19. The standard InChI is InChI=1S/C12H19N3O4S/c1-9(2)8-14(4)20(18,19)12-7-10(13-3)5-6-11(12)15(16)17/h5-7,9,13H,8H2,1-4H3. The van der Waals surface area contributed by atoms with Gasteiger partial charge < -0.3 is 5.32 Å². The van der Waals surface area contributed by atoms with E-state index in [1.165, 1.54) is 25.2 Å². The summed E-state index contributed by atoms with van der Waals surface area (Å²) in [5.41, 5.74) is 0.0896. The summed E-state index contributed by atoms with van der Waals surface area (Å²) in [6.07, 6.45) is 0. The first-order valence-corrected chi connectivity index (χ1v) is 7.56. The Morgan fingerprint density at radius 1 is 1.40 bits per heavy atom. The van der Waals surface area contributed by atoms with Crippen molar-refractivity contribution in [3.63, 3.8) is 0 Å². The monoisotopic (exact) mass is 301 g/mol. The minimum absolute atomic E-state index is 0.126. The van der Waals surface area contributed by atoms with Crippen LogP contribution in [0.15, 0.2) is 23.1 Å². The topological polar surface area (TPSA) is 92.5 Å². The maximum Gasteiger partial charge on any atom is 0.289 e. The Kier molecular flexibility index (Phi) is 5.07. The van der Waals surface area contributed by atoms with Crippen molar-refractivity contribution in [2.75, 3.05) is 26.0 Å². The highest BCUT2D eigenvalue weighted by Gasteiger charge is 2.30. The Balaban J connectivity index is 3.38. The van der Waals surface area contributed by atoms with Crippen LogP contribution in [-0.2, 0) is 10.0 Å². The predicted molar refractivity (Wildman–Crippen MR) is 77.3 cm³/mol. The molecule has 0 aliphatic heterocycles. The smallest absolute Gasteiger partial charge is 0.289 e. The van der Waals surface area contributed by atoms with Gasteiger partial charge in [-0.3, -0.25) is 10.1 Å². The average Bonchev–Trinajstić information content (AvgIpc) is 2.36. The summed E-state index contributed by atoms with van der Waals surface area (Å²) in [6.45, 7) is 4.05. The third kappa shape index (κ3) is 3.45. The molecule has 0 heterocycles. The van der Waals surface area contributed by atoms with Gasteiger partial charge in [-0.2, -0.15) is 0 Å². The largest absolute Gasteiger partial charge is 0.388 e. The second-order valence-corrected chi connectivity index (χ2v) is 6.88. The Labute approximate surface area is 118 Å². The van der Waals surface area contributed by atoms with Crippen LogP contribution in [0.2, 0.25) is 0 Å². The molecule has 1 rings (SSSR count). The molecule has 0 radical (unpaired) electrons. The van der Waals surface area contributed by atoms with E-state index in [1.807, 2.05) is 13.8 Å². The fourth-order valence-corrected chi connectivity index (χ4v) is 3.32. The van der Waals surface area contributed by atoms with E-state index in [-0.39, 0.29) is 10.8 Å². The number of nitrogens with one attached hydrogen (secondary N) is 1. The van der Waals surface area contributed by atoms with Crippen LogP contribution in [0.4, 0.5) is 11.4 Å². The number of nitro groups is 1. The first-order valence-electron chi connectivity index (χ1n) is 6.12. The summed E-state index contributed by atoms with van der Waals surface area (Å²) in [4.78, 5) is 10.0. The van der Waals surface area contributed by atoms with Gasteiger partial charge in [0.1, 0.15) is 0 Å². The molecule has 0 bridgehead atoms. The molecule has 112 valence electrons. The zero-order valence-electron chi connectivity index (χ0n) is 12.0. The van der Waals surface area contributed by atoms with Crippen LogP contribution in [0.3, 0.4) is 0 Å². The van der Waals surface area contributed by atoms with Gasteiger partial charge in [0, 0.05) is 32.4 Å². The van der Waals surface area contributed by atoms with Crippen LogP contribution in [0.5, 0.6) is 0 Å². The highest BCUT2D eigenvalue weighted by molar-refractivity contribution is 7.89. The van der Waals surface area contributed by atoms with Gasteiger partial charge in [0.25, 0.3) is 5.69 Å². The van der Waals surface area contributed by atoms with Crippen molar-refractivity contribution in [2.45, 2.75) is 18.7 Å².